The van der Waals surface area contributed by atoms with Gasteiger partial charge in [-0.1, -0.05) is 18.2 Å². The quantitative estimate of drug-likeness (QED) is 0.497. The molecule has 2 aromatic heterocycles. The number of nitrogens with two attached hydrogens (primary N) is 1. The van der Waals surface area contributed by atoms with E-state index in [1.807, 2.05) is 4.90 Å². The number of hydrogen-bond donors (Lipinski definition) is 1. The van der Waals surface area contributed by atoms with Crippen LogP contribution in [-0.4, -0.2) is 33.8 Å². The van der Waals surface area contributed by atoms with E-state index in [2.05, 4.69) is 16.7 Å². The Hall–Kier alpha value is -3.07. The second kappa shape index (κ2) is 7.32. The minimum Gasteiger partial charge on any atom is -0.366 e. The number of carbonyl (C=O) groups is 1. The molecule has 10 heteroatoms. The number of nitrogens with zero attached hydrogens (tertiary/aromatic N) is 4. The molecular weight excluding hydrogens is 419 g/mol. The Morgan fingerprint density at radius 2 is 1.90 bits per heavy atom. The summed E-state index contributed by atoms with van der Waals surface area (Å²) in [7, 11) is 0. The molecular formula is C20H17ClF3N5O. The summed E-state index contributed by atoms with van der Waals surface area (Å²) in [5, 5.41) is 5.55. The van der Waals surface area contributed by atoms with Crippen molar-refractivity contribution in [2.75, 3.05) is 18.0 Å². The van der Waals surface area contributed by atoms with Crippen molar-refractivity contribution in [1.29, 1.82) is 0 Å². The van der Waals surface area contributed by atoms with Gasteiger partial charge in [-0.3, -0.25) is 4.79 Å². The van der Waals surface area contributed by atoms with E-state index < -0.39 is 17.6 Å². The number of benzene rings is 1. The largest absolute Gasteiger partial charge is 0.416 e. The lowest BCUT2D eigenvalue weighted by atomic mass is 9.99. The summed E-state index contributed by atoms with van der Waals surface area (Å²) >= 11 is 6.05. The zero-order valence-electron chi connectivity index (χ0n) is 15.7. The van der Waals surface area contributed by atoms with Gasteiger partial charge in [0.2, 0.25) is 5.91 Å². The average Bonchev–Trinajstić information content (AvgIpc) is 3.31. The fraction of sp³-hybridized carbons (Fsp3) is 0.250. The molecule has 0 bridgehead atoms. The van der Waals surface area contributed by atoms with Crippen molar-refractivity contribution in [2.24, 2.45) is 11.7 Å². The zero-order chi connectivity index (χ0) is 21.6. The van der Waals surface area contributed by atoms with Crippen molar-refractivity contribution >= 4 is 34.4 Å². The number of rotatable bonds is 4. The number of amides is 1. The number of aromatic nitrogens is 3. The van der Waals surface area contributed by atoms with Gasteiger partial charge in [-0.15, -0.1) is 5.10 Å². The highest BCUT2D eigenvalue weighted by Crippen LogP contribution is 2.34. The van der Waals surface area contributed by atoms with Gasteiger partial charge in [0.25, 0.3) is 0 Å². The van der Waals surface area contributed by atoms with Crippen LogP contribution in [-0.2, 0) is 11.0 Å². The highest BCUT2D eigenvalue weighted by atomic mass is 35.5. The van der Waals surface area contributed by atoms with Crippen LogP contribution in [0.4, 0.5) is 19.0 Å². The average molecular weight is 436 g/mol. The van der Waals surface area contributed by atoms with Crippen LogP contribution in [0.2, 0.25) is 5.15 Å². The number of primary amides is 1. The number of pyridine rings is 1. The fourth-order valence-corrected chi connectivity index (χ4v) is 3.74. The molecule has 4 rings (SSSR count). The van der Waals surface area contributed by atoms with E-state index in [0.29, 0.717) is 47.6 Å². The zero-order valence-corrected chi connectivity index (χ0v) is 16.4. The van der Waals surface area contributed by atoms with Crippen LogP contribution >= 0.6 is 11.6 Å². The molecule has 1 unspecified atom stereocenters. The van der Waals surface area contributed by atoms with Crippen LogP contribution in [0.3, 0.4) is 0 Å². The Kier molecular flexibility index (Phi) is 4.93. The SMILES string of the molecule is C=C(C(N)=O)C1CCN(c2nn(-c3ccc(C(F)(F)F)cc3)c3nc(Cl)ccc23)C1. The Morgan fingerprint density at radius 3 is 2.53 bits per heavy atom. The monoisotopic (exact) mass is 435 g/mol. The van der Waals surface area contributed by atoms with E-state index in [-0.39, 0.29) is 11.1 Å². The van der Waals surface area contributed by atoms with Gasteiger partial charge in [0.1, 0.15) is 5.15 Å². The van der Waals surface area contributed by atoms with E-state index in [1.54, 1.807) is 12.1 Å². The van der Waals surface area contributed by atoms with Crippen molar-refractivity contribution in [3.05, 3.63) is 59.3 Å². The molecule has 1 atom stereocenters. The summed E-state index contributed by atoms with van der Waals surface area (Å²) in [5.74, 6) is -0.0155. The highest BCUT2D eigenvalue weighted by Gasteiger charge is 2.31. The van der Waals surface area contributed by atoms with E-state index in [9.17, 15) is 18.0 Å². The van der Waals surface area contributed by atoms with Gasteiger partial charge in [0, 0.05) is 24.6 Å². The Labute approximate surface area is 174 Å². The number of anilines is 1. The molecule has 30 heavy (non-hydrogen) atoms. The molecule has 0 radical (unpaired) electrons. The lowest BCUT2D eigenvalue weighted by molar-refractivity contribution is -0.137. The third kappa shape index (κ3) is 3.60. The van der Waals surface area contributed by atoms with Crippen LogP contribution in [0.1, 0.15) is 12.0 Å². The molecule has 0 aliphatic carbocycles. The molecule has 6 nitrogen and oxygen atoms in total. The van der Waals surface area contributed by atoms with Gasteiger partial charge >= 0.3 is 6.18 Å². The van der Waals surface area contributed by atoms with Crippen molar-refractivity contribution in [3.63, 3.8) is 0 Å². The maximum Gasteiger partial charge on any atom is 0.416 e. The lowest BCUT2D eigenvalue weighted by Crippen LogP contribution is -2.24. The first-order chi connectivity index (χ1) is 14.1. The van der Waals surface area contributed by atoms with Crippen LogP contribution in [0.5, 0.6) is 0 Å². The Balaban J connectivity index is 1.75. The summed E-state index contributed by atoms with van der Waals surface area (Å²) in [4.78, 5) is 17.8. The van der Waals surface area contributed by atoms with E-state index in [4.69, 9.17) is 17.3 Å². The highest BCUT2D eigenvalue weighted by molar-refractivity contribution is 6.29. The summed E-state index contributed by atoms with van der Waals surface area (Å²) in [6.45, 7) is 4.90. The molecule has 1 aliphatic rings. The van der Waals surface area contributed by atoms with Crippen LogP contribution in [0.15, 0.2) is 48.6 Å². The Bertz CT molecular complexity index is 1140. The van der Waals surface area contributed by atoms with Crippen molar-refractivity contribution in [3.8, 4) is 5.69 Å². The van der Waals surface area contributed by atoms with Gasteiger partial charge in [0.05, 0.1) is 16.6 Å². The maximum atomic E-state index is 12.9. The molecule has 0 saturated carbocycles. The molecule has 1 fully saturated rings. The third-order valence-electron chi connectivity index (χ3n) is 5.21. The summed E-state index contributed by atoms with van der Waals surface area (Å²) in [6.07, 6.45) is -3.73. The first-order valence-electron chi connectivity index (χ1n) is 9.11. The number of alkyl halides is 3. The molecule has 3 aromatic rings. The van der Waals surface area contributed by atoms with E-state index in [1.165, 1.54) is 16.8 Å². The van der Waals surface area contributed by atoms with Crippen LogP contribution in [0, 0.1) is 5.92 Å². The van der Waals surface area contributed by atoms with Gasteiger partial charge in [0.15, 0.2) is 11.5 Å². The normalized spacial score (nSPS) is 16.9. The molecule has 0 spiro atoms. The minimum atomic E-state index is -4.43. The predicted octanol–water partition coefficient (Wildman–Crippen LogP) is 3.96. The fourth-order valence-electron chi connectivity index (χ4n) is 3.60. The predicted molar refractivity (Wildman–Crippen MR) is 108 cm³/mol. The smallest absolute Gasteiger partial charge is 0.366 e. The summed E-state index contributed by atoms with van der Waals surface area (Å²) in [6, 6.07) is 8.06. The molecule has 1 saturated heterocycles. The van der Waals surface area contributed by atoms with Gasteiger partial charge in [-0.25, -0.2) is 9.67 Å². The van der Waals surface area contributed by atoms with Crippen LogP contribution < -0.4 is 10.6 Å². The Morgan fingerprint density at radius 1 is 1.20 bits per heavy atom. The van der Waals surface area contributed by atoms with E-state index in [0.717, 1.165) is 12.1 Å². The van der Waals surface area contributed by atoms with Crippen LogP contribution in [0.25, 0.3) is 16.7 Å². The second-order valence-corrected chi connectivity index (χ2v) is 7.49. The molecule has 1 aromatic carbocycles. The first kappa shape index (κ1) is 20.2. The standard InChI is InChI=1S/C20H17ClF3N5O/c1-11(17(25)30)12-8-9-28(10-12)19-15-6-7-16(21)26-18(15)29(27-19)14-4-2-13(3-5-14)20(22,23)24/h2-7,12H,1,8-10H2,(H2,25,30). The molecule has 156 valence electrons. The van der Waals surface area contributed by atoms with Crippen molar-refractivity contribution in [2.45, 2.75) is 12.6 Å². The van der Waals surface area contributed by atoms with Gasteiger partial charge in [-0.05, 0) is 42.8 Å². The second-order valence-electron chi connectivity index (χ2n) is 7.11. The minimum absolute atomic E-state index is 0.0889. The molecule has 1 amide bonds. The van der Waals surface area contributed by atoms with Crippen molar-refractivity contribution in [1.82, 2.24) is 14.8 Å². The molecule has 2 N–H and O–H groups in total. The third-order valence-corrected chi connectivity index (χ3v) is 5.42. The number of fused-ring (bicyclic) bond motifs is 1. The van der Waals surface area contributed by atoms with Gasteiger partial charge in [-0.2, -0.15) is 13.2 Å². The van der Waals surface area contributed by atoms with E-state index >= 15 is 0 Å². The number of carbonyl (C=O) groups excluding carboxylic acids is 1. The summed E-state index contributed by atoms with van der Waals surface area (Å²) < 4.78 is 40.2. The number of hydrogen-bond acceptors (Lipinski definition) is 4. The molecule has 3 heterocycles. The number of halogens is 4. The maximum absolute atomic E-state index is 12.9. The van der Waals surface area contributed by atoms with Gasteiger partial charge < -0.3 is 10.6 Å². The summed E-state index contributed by atoms with van der Waals surface area (Å²) in [5.41, 5.74) is 5.81. The lowest BCUT2D eigenvalue weighted by Gasteiger charge is -2.16. The van der Waals surface area contributed by atoms with Crippen molar-refractivity contribution < 1.29 is 18.0 Å². The topological polar surface area (TPSA) is 77.0 Å². The first-order valence-corrected chi connectivity index (χ1v) is 9.49. The molecule has 1 aliphatic heterocycles.